The summed E-state index contributed by atoms with van der Waals surface area (Å²) in [6.07, 6.45) is 2.66. The normalized spacial score (nSPS) is 17.6. The summed E-state index contributed by atoms with van der Waals surface area (Å²) in [5.74, 6) is 2.01. The summed E-state index contributed by atoms with van der Waals surface area (Å²) < 4.78 is 2.19. The smallest absolute Gasteiger partial charge is 0.234 e. The van der Waals surface area contributed by atoms with Gasteiger partial charge in [0, 0.05) is 24.6 Å². The highest BCUT2D eigenvalue weighted by atomic mass is 16.2. The van der Waals surface area contributed by atoms with E-state index in [-0.39, 0.29) is 11.9 Å². The fraction of sp³-hybridized carbons (Fsp3) is 0.471. The molecule has 0 bridgehead atoms. The molecule has 6 heteroatoms. The summed E-state index contributed by atoms with van der Waals surface area (Å²) in [5.41, 5.74) is 1.08. The maximum absolute atomic E-state index is 11.9. The van der Waals surface area contributed by atoms with Crippen LogP contribution in [0, 0.1) is 0 Å². The van der Waals surface area contributed by atoms with Crippen LogP contribution in [0.5, 0.6) is 0 Å². The van der Waals surface area contributed by atoms with Crippen LogP contribution in [0.2, 0.25) is 0 Å². The van der Waals surface area contributed by atoms with Crippen LogP contribution >= 0.6 is 0 Å². The molecule has 1 aliphatic heterocycles. The zero-order chi connectivity index (χ0) is 16.2. The van der Waals surface area contributed by atoms with Gasteiger partial charge in [-0.05, 0) is 26.9 Å². The maximum Gasteiger partial charge on any atom is 0.234 e. The summed E-state index contributed by atoms with van der Waals surface area (Å²) in [7, 11) is 3.81. The van der Waals surface area contributed by atoms with E-state index in [9.17, 15) is 4.79 Å². The third-order valence-corrected chi connectivity index (χ3v) is 4.10. The minimum atomic E-state index is 0.0842. The summed E-state index contributed by atoms with van der Waals surface area (Å²) in [4.78, 5) is 13.8. The molecular weight excluding hydrogens is 290 g/mol. The molecule has 6 nitrogen and oxygen atoms in total. The van der Waals surface area contributed by atoms with E-state index in [0.29, 0.717) is 6.54 Å². The van der Waals surface area contributed by atoms with E-state index in [1.165, 1.54) is 0 Å². The highest BCUT2D eigenvalue weighted by molar-refractivity contribution is 5.78. The number of carbonyl (C=O) groups is 1. The van der Waals surface area contributed by atoms with E-state index in [0.717, 1.165) is 43.0 Å². The van der Waals surface area contributed by atoms with Crippen molar-refractivity contribution in [2.24, 2.45) is 0 Å². The third kappa shape index (κ3) is 3.76. The highest BCUT2D eigenvalue weighted by Gasteiger charge is 2.22. The van der Waals surface area contributed by atoms with Crippen molar-refractivity contribution in [2.45, 2.75) is 31.8 Å². The molecule has 0 fully saturated rings. The van der Waals surface area contributed by atoms with Crippen molar-refractivity contribution in [3.05, 3.63) is 36.2 Å². The first-order valence-electron chi connectivity index (χ1n) is 8.05. The Morgan fingerprint density at radius 3 is 2.78 bits per heavy atom. The molecule has 1 aromatic heterocycles. The number of aromatic nitrogens is 3. The molecule has 122 valence electrons. The van der Waals surface area contributed by atoms with Gasteiger partial charge in [-0.3, -0.25) is 4.79 Å². The monoisotopic (exact) mass is 313 g/mol. The summed E-state index contributed by atoms with van der Waals surface area (Å²) in [6, 6.07) is 10.3. The van der Waals surface area contributed by atoms with Crippen molar-refractivity contribution < 1.29 is 4.79 Å². The lowest BCUT2D eigenvalue weighted by Gasteiger charge is -2.18. The van der Waals surface area contributed by atoms with Gasteiger partial charge in [-0.1, -0.05) is 30.3 Å². The number of hydrogen-bond donors (Lipinski definition) is 1. The molecule has 0 saturated carbocycles. The summed E-state index contributed by atoms with van der Waals surface area (Å²) in [6.45, 7) is 1.26. The van der Waals surface area contributed by atoms with Crippen molar-refractivity contribution >= 4 is 5.91 Å². The number of rotatable bonds is 4. The van der Waals surface area contributed by atoms with Crippen LogP contribution in [-0.4, -0.2) is 52.3 Å². The Morgan fingerprint density at radius 1 is 1.26 bits per heavy atom. The lowest BCUT2D eigenvalue weighted by atomic mass is 10.1. The molecule has 1 N–H and O–H groups in total. The minimum Gasteiger partial charge on any atom is -0.352 e. The Kier molecular flexibility index (Phi) is 4.71. The van der Waals surface area contributed by atoms with Crippen LogP contribution in [-0.2, 0) is 17.8 Å². The first-order valence-corrected chi connectivity index (χ1v) is 8.05. The second-order valence-electron chi connectivity index (χ2n) is 6.29. The number of amides is 1. The molecule has 1 amide bonds. The van der Waals surface area contributed by atoms with Crippen LogP contribution in [0.15, 0.2) is 30.3 Å². The first kappa shape index (κ1) is 15.7. The Labute approximate surface area is 136 Å². The van der Waals surface area contributed by atoms with Gasteiger partial charge in [0.25, 0.3) is 0 Å². The Balaban J connectivity index is 1.69. The lowest BCUT2D eigenvalue weighted by Crippen LogP contribution is -2.40. The average Bonchev–Trinajstić information content (AvgIpc) is 2.83. The van der Waals surface area contributed by atoms with Gasteiger partial charge in [-0.2, -0.15) is 0 Å². The zero-order valence-corrected chi connectivity index (χ0v) is 13.7. The molecular formula is C17H23N5O. The molecule has 1 atom stereocenters. The molecule has 3 rings (SSSR count). The summed E-state index contributed by atoms with van der Waals surface area (Å²) in [5, 5.41) is 11.8. The number of benzene rings is 1. The van der Waals surface area contributed by atoms with Crippen LogP contribution in [0.4, 0.5) is 0 Å². The predicted octanol–water partition coefficient (Wildman–Crippen LogP) is 1.33. The van der Waals surface area contributed by atoms with Crippen molar-refractivity contribution in [1.82, 2.24) is 25.0 Å². The highest BCUT2D eigenvalue weighted by Crippen LogP contribution is 2.22. The molecule has 0 spiro atoms. The zero-order valence-electron chi connectivity index (χ0n) is 13.7. The van der Waals surface area contributed by atoms with Crippen LogP contribution in [0.3, 0.4) is 0 Å². The number of aryl methyl sites for hydroxylation is 1. The predicted molar refractivity (Wildman–Crippen MR) is 88.9 cm³/mol. The fourth-order valence-electron chi connectivity index (χ4n) is 2.99. The van der Waals surface area contributed by atoms with Crippen molar-refractivity contribution in [2.75, 3.05) is 20.6 Å². The molecule has 1 aromatic carbocycles. The third-order valence-electron chi connectivity index (χ3n) is 4.10. The number of hydrogen-bond acceptors (Lipinski definition) is 4. The van der Waals surface area contributed by atoms with Crippen molar-refractivity contribution in [1.29, 1.82) is 0 Å². The van der Waals surface area contributed by atoms with Gasteiger partial charge in [0.05, 0.1) is 6.54 Å². The van der Waals surface area contributed by atoms with Crippen molar-refractivity contribution in [3.63, 3.8) is 0 Å². The quantitative estimate of drug-likeness (QED) is 0.925. The summed E-state index contributed by atoms with van der Waals surface area (Å²) >= 11 is 0. The molecule has 2 heterocycles. The lowest BCUT2D eigenvalue weighted by molar-refractivity contribution is -0.122. The minimum absolute atomic E-state index is 0.0842. The van der Waals surface area contributed by atoms with Crippen LogP contribution < -0.4 is 5.32 Å². The Hall–Kier alpha value is -2.21. The van der Waals surface area contributed by atoms with Gasteiger partial charge in [-0.15, -0.1) is 10.2 Å². The maximum atomic E-state index is 11.9. The van der Waals surface area contributed by atoms with E-state index in [4.69, 9.17) is 0 Å². The molecule has 1 unspecified atom stereocenters. The number of nitrogens with one attached hydrogen (secondary N) is 1. The number of fused-ring (bicyclic) bond motifs is 1. The first-order chi connectivity index (χ1) is 11.1. The van der Waals surface area contributed by atoms with E-state index in [1.54, 1.807) is 0 Å². The number of nitrogens with zero attached hydrogens (tertiary/aromatic N) is 4. The number of likely N-dealkylation sites (N-methyl/N-ethyl adjacent to an activating group) is 1. The van der Waals surface area contributed by atoms with E-state index >= 15 is 0 Å². The molecule has 23 heavy (non-hydrogen) atoms. The van der Waals surface area contributed by atoms with Gasteiger partial charge >= 0.3 is 0 Å². The SMILES string of the molecule is CN(C)CC(=O)NC1CCc2nnc(-c3ccccc3)n2CC1. The topological polar surface area (TPSA) is 63.1 Å². The van der Waals surface area contributed by atoms with Crippen molar-refractivity contribution in [3.8, 4) is 11.4 Å². The molecule has 2 aromatic rings. The van der Waals surface area contributed by atoms with E-state index in [2.05, 4.69) is 32.2 Å². The molecule has 0 saturated heterocycles. The largest absolute Gasteiger partial charge is 0.352 e. The van der Waals surface area contributed by atoms with Gasteiger partial charge in [0.2, 0.25) is 5.91 Å². The Morgan fingerprint density at radius 2 is 2.04 bits per heavy atom. The van der Waals surface area contributed by atoms with Gasteiger partial charge < -0.3 is 14.8 Å². The van der Waals surface area contributed by atoms with Gasteiger partial charge in [0.15, 0.2) is 5.82 Å². The fourth-order valence-corrected chi connectivity index (χ4v) is 2.99. The molecule has 0 aliphatic carbocycles. The molecule has 0 radical (unpaired) electrons. The second-order valence-corrected chi connectivity index (χ2v) is 6.29. The van der Waals surface area contributed by atoms with E-state index in [1.807, 2.05) is 37.2 Å². The van der Waals surface area contributed by atoms with Gasteiger partial charge in [-0.25, -0.2) is 0 Å². The average molecular weight is 313 g/mol. The van der Waals surface area contributed by atoms with Crippen LogP contribution in [0.25, 0.3) is 11.4 Å². The number of carbonyl (C=O) groups excluding carboxylic acids is 1. The Bertz CT molecular complexity index is 665. The second kappa shape index (κ2) is 6.91. The van der Waals surface area contributed by atoms with E-state index < -0.39 is 0 Å². The standard InChI is InChI=1S/C17H23N5O/c1-21(2)12-16(23)18-14-8-9-15-19-20-17(22(15)11-10-14)13-6-4-3-5-7-13/h3-7,14H,8-12H2,1-2H3,(H,18,23). The van der Waals surface area contributed by atoms with Gasteiger partial charge in [0.1, 0.15) is 5.82 Å². The van der Waals surface area contributed by atoms with Crippen LogP contribution in [0.1, 0.15) is 18.7 Å². The molecule has 1 aliphatic rings.